The first-order chi connectivity index (χ1) is 42.1. The van der Waals surface area contributed by atoms with Crippen molar-refractivity contribution in [3.05, 3.63) is 106 Å². The molecule has 2 saturated heterocycles. The molecule has 7 rings (SSSR count). The lowest BCUT2D eigenvalue weighted by Crippen LogP contribution is -2.53. The molecule has 480 valence electrons. The number of nitrogens with two attached hydrogens (primary N) is 1. The Morgan fingerprint density at radius 3 is 2.40 bits per heavy atom. The first kappa shape index (κ1) is 68.8. The van der Waals surface area contributed by atoms with Crippen molar-refractivity contribution in [2.75, 3.05) is 39.2 Å². The molecule has 5 heterocycles. The van der Waals surface area contributed by atoms with Crippen LogP contribution in [0.15, 0.2) is 78.5 Å². The molecule has 89 heavy (non-hydrogen) atoms. The normalized spacial score (nSPS) is 24.9. The van der Waals surface area contributed by atoms with Crippen molar-refractivity contribution in [3.8, 4) is 0 Å². The number of aryl methyl sites for hydroxylation is 1. The van der Waals surface area contributed by atoms with Crippen LogP contribution in [0, 0.1) is 24.7 Å². The number of Topliss-reactive ketones (excluding diaryl/α,β-unsaturated/α-hetero) is 2. The van der Waals surface area contributed by atoms with Crippen LogP contribution in [-0.4, -0.2) is 161 Å². The van der Waals surface area contributed by atoms with Crippen molar-refractivity contribution < 1.29 is 72.0 Å². The van der Waals surface area contributed by atoms with Gasteiger partial charge in [-0.3, -0.25) is 48.2 Å². The number of ketones is 2. The highest BCUT2D eigenvalue weighted by molar-refractivity contribution is 6.34. The number of fused-ring (bicyclic) bond motifs is 6. The van der Waals surface area contributed by atoms with Crippen LogP contribution in [0.4, 0.5) is 10.5 Å². The zero-order valence-electron chi connectivity index (χ0n) is 52.4. The van der Waals surface area contributed by atoms with Crippen molar-refractivity contribution in [2.24, 2.45) is 23.5 Å². The second-order valence-corrected chi connectivity index (χ2v) is 25.0. The molecule has 2 fully saturated rings. The van der Waals surface area contributed by atoms with E-state index in [2.05, 4.69) is 15.6 Å². The van der Waals surface area contributed by atoms with Gasteiger partial charge >= 0.3 is 18.0 Å². The first-order valence-electron chi connectivity index (χ1n) is 30.3. The highest BCUT2D eigenvalue weighted by atomic mass is 35.5. The number of unbranched alkanes of at least 4 members (excludes halogenated alkanes) is 2. The van der Waals surface area contributed by atoms with Gasteiger partial charge in [0, 0.05) is 95.5 Å². The van der Waals surface area contributed by atoms with E-state index in [1.165, 1.54) is 55.3 Å². The number of primary amides is 1. The number of nitrogens with one attached hydrogen (secondary N) is 2. The van der Waals surface area contributed by atoms with Crippen LogP contribution in [0.25, 0.3) is 10.9 Å². The van der Waals surface area contributed by atoms with Crippen molar-refractivity contribution >= 4 is 87.3 Å². The minimum atomic E-state index is -1.66. The number of benzene rings is 2. The Hall–Kier alpha value is -7.66. The zero-order valence-corrected chi connectivity index (χ0v) is 53.2. The molecule has 2 aromatic carbocycles. The van der Waals surface area contributed by atoms with Crippen LogP contribution >= 0.6 is 11.6 Å². The molecule has 22 nitrogen and oxygen atoms in total. The summed E-state index contributed by atoms with van der Waals surface area (Å²) in [5.41, 5.74) is 6.04. The molecule has 23 heteroatoms. The summed E-state index contributed by atoms with van der Waals surface area (Å²) in [6, 6.07) is 7.09. The number of esters is 2. The Morgan fingerprint density at radius 2 is 1.72 bits per heavy atom. The van der Waals surface area contributed by atoms with Gasteiger partial charge < -0.3 is 50.2 Å². The average molecular weight is 1250 g/mol. The van der Waals surface area contributed by atoms with Crippen LogP contribution in [-0.2, 0) is 70.1 Å². The molecule has 3 aromatic rings. The number of ether oxygens (including phenoxy) is 4. The Bertz CT molecular complexity index is 3310. The lowest BCUT2D eigenvalue weighted by molar-refractivity contribution is -0.187. The summed E-state index contributed by atoms with van der Waals surface area (Å²) in [7, 11) is 4.45. The van der Waals surface area contributed by atoms with Gasteiger partial charge in [0.05, 0.1) is 46.8 Å². The zero-order chi connectivity index (χ0) is 65.2. The molecule has 0 spiro atoms. The number of hydrogen-bond acceptors (Lipinski definition) is 16. The fraction of sp³-hybridized carbons (Fsp3) is 0.530. The van der Waals surface area contributed by atoms with E-state index in [0.717, 1.165) is 21.6 Å². The van der Waals surface area contributed by atoms with Crippen molar-refractivity contribution in [3.63, 3.8) is 0 Å². The maximum atomic E-state index is 14.7. The van der Waals surface area contributed by atoms with Crippen molar-refractivity contribution in [1.29, 1.82) is 0 Å². The fourth-order valence-electron chi connectivity index (χ4n) is 12.0. The molecule has 0 radical (unpaired) electrons. The Labute approximate surface area is 524 Å². The fourth-order valence-corrected chi connectivity index (χ4v) is 12.3. The van der Waals surface area contributed by atoms with Crippen molar-refractivity contribution in [2.45, 2.75) is 173 Å². The van der Waals surface area contributed by atoms with Gasteiger partial charge in [-0.05, 0) is 101 Å². The number of allylic oxidation sites excluding steroid dienone is 3. The van der Waals surface area contributed by atoms with Gasteiger partial charge in [0.25, 0.3) is 17.7 Å². The number of carbonyl (C=O) groups is 10. The number of aliphatic hydroxyl groups is 1. The summed E-state index contributed by atoms with van der Waals surface area (Å²) in [5.74, 6) is -6.06. The van der Waals surface area contributed by atoms with E-state index in [0.29, 0.717) is 47.3 Å². The van der Waals surface area contributed by atoms with Crippen LogP contribution in [0.2, 0.25) is 5.02 Å². The van der Waals surface area contributed by atoms with Crippen LogP contribution in [0.5, 0.6) is 0 Å². The summed E-state index contributed by atoms with van der Waals surface area (Å²) in [6.45, 7) is 12.7. The van der Waals surface area contributed by atoms with Crippen LogP contribution in [0.3, 0.4) is 0 Å². The number of anilines is 1. The summed E-state index contributed by atoms with van der Waals surface area (Å²) in [5, 5.41) is 18.3. The number of urea groups is 1. The van der Waals surface area contributed by atoms with Gasteiger partial charge in [-0.2, -0.15) is 0 Å². The SMILES string of the molecule is CO[C@@H]1/C=C/C=C(\C)Cc2cc(C)c(Cl)c(c2)N(C)C(=O)C[C@H](OC(=O)[C@H](C)N(C)C(=O)c2ccc(CC(=O)[C@H](CCCNC(N)=O)NC(=O)[C@@H](CC(=O)CCCCCN3C(=O)C=CC3=O)C(C)C)c3cccnc23)[C@]2(C)O[C@H]2[C@H](C)[C@@H]2C[C@@]1(O)CC(=O)O2. The summed E-state index contributed by atoms with van der Waals surface area (Å²) in [6.07, 6.45) is 7.08. The number of amides is 7. The molecule has 7 amide bonds. The molecule has 0 aliphatic carbocycles. The number of imide groups is 1. The number of pyridine rings is 1. The second kappa shape index (κ2) is 29.8. The van der Waals surface area contributed by atoms with Crippen LogP contribution < -0.4 is 21.3 Å². The van der Waals surface area contributed by atoms with Crippen LogP contribution in [0.1, 0.15) is 133 Å². The largest absolute Gasteiger partial charge is 0.462 e. The van der Waals surface area contributed by atoms with E-state index in [-0.39, 0.29) is 92.6 Å². The van der Waals surface area contributed by atoms with E-state index in [9.17, 15) is 53.1 Å². The minimum Gasteiger partial charge on any atom is -0.462 e. The summed E-state index contributed by atoms with van der Waals surface area (Å²) >= 11 is 6.90. The number of likely N-dealkylation sites (N-methyl/N-ethyl adjacent to an activating group) is 1. The third-order valence-corrected chi connectivity index (χ3v) is 18.2. The van der Waals surface area contributed by atoms with Gasteiger partial charge in [-0.25, -0.2) is 9.59 Å². The number of aromatic nitrogens is 1. The molecule has 4 bridgehead atoms. The van der Waals surface area contributed by atoms with E-state index >= 15 is 0 Å². The van der Waals surface area contributed by atoms with E-state index in [4.69, 9.17) is 36.3 Å². The molecule has 0 unspecified atom stereocenters. The van der Waals surface area contributed by atoms with Crippen molar-refractivity contribution in [1.82, 2.24) is 25.4 Å². The van der Waals surface area contributed by atoms with Gasteiger partial charge in [-0.1, -0.05) is 80.8 Å². The molecular weight excluding hydrogens is 1170 g/mol. The van der Waals surface area contributed by atoms with E-state index < -0.39 is 107 Å². The molecular formula is C66H84ClN7O15. The predicted octanol–water partition coefficient (Wildman–Crippen LogP) is 6.69. The standard InChI is InChI=1S/C66H84ClN7O15/c1-37(2)47(33-44(75)18-12-11-13-28-74-54(77)24-25-55(74)78)61(81)71-48(20-16-27-70-64(68)84)50(76)32-43-22-23-46(59-45(43)19-15-26-69-59)62(82)72(8)41(6)63(83)88-53-34-56(79)73(9)49-31-42(30-39(4)58(49)67)29-38(3)17-14-21-52(86-10)66(85)35-51(87-57(80)36-66)40(5)60-65(53,7)89-60/h14-15,17,19,21-26,30-31,37,40-41,47-48,51-53,60,85H,11-13,16,18,20,27-29,32-36H2,1-10H3,(H,71,81)(H3,68,70,84)/b21-14+,38-17+/t40-,41+,47+,48+,51+,52-,53+,60+,65+,66-/m1/s1. The number of methoxy groups -OCH3 is 1. The predicted molar refractivity (Wildman–Crippen MR) is 331 cm³/mol. The van der Waals surface area contributed by atoms with Gasteiger partial charge in [-0.15, -0.1) is 0 Å². The molecule has 1 aromatic heterocycles. The Balaban J connectivity index is 1.08. The number of epoxide rings is 1. The van der Waals surface area contributed by atoms with E-state index in [1.54, 1.807) is 51.2 Å². The highest BCUT2D eigenvalue weighted by Gasteiger charge is 2.64. The van der Waals surface area contributed by atoms with Gasteiger partial charge in [0.15, 0.2) is 5.78 Å². The minimum absolute atomic E-state index is 0.0124. The summed E-state index contributed by atoms with van der Waals surface area (Å²) < 4.78 is 24.3. The number of rotatable bonds is 23. The number of carbonyl (C=O) groups excluding carboxylic acids is 10. The molecule has 4 aliphatic heterocycles. The smallest absolute Gasteiger partial charge is 0.328 e. The number of nitrogens with zero attached hydrogens (tertiary/aromatic N) is 4. The first-order valence-corrected chi connectivity index (χ1v) is 30.7. The number of hydrogen-bond donors (Lipinski definition) is 4. The third kappa shape index (κ3) is 16.8. The number of halogens is 1. The Kier molecular flexibility index (Phi) is 23.0. The molecule has 10 atom stereocenters. The average Bonchev–Trinajstić information content (AvgIpc) is 1.71. The topological polar surface area (TPSA) is 304 Å². The van der Waals surface area contributed by atoms with Gasteiger partial charge in [0.1, 0.15) is 41.3 Å². The van der Waals surface area contributed by atoms with Gasteiger partial charge in [0.2, 0.25) is 11.8 Å². The second-order valence-electron chi connectivity index (χ2n) is 24.6. The molecule has 4 aliphatic rings. The molecule has 5 N–H and O–H groups in total. The molecule has 0 saturated carbocycles. The maximum Gasteiger partial charge on any atom is 0.328 e. The Morgan fingerprint density at radius 1 is 1.00 bits per heavy atom. The quantitative estimate of drug-likeness (QED) is 0.0333. The lowest BCUT2D eigenvalue weighted by atomic mass is 9.78. The monoisotopic (exact) mass is 1250 g/mol. The lowest BCUT2D eigenvalue weighted by Gasteiger charge is -2.41. The third-order valence-electron chi connectivity index (χ3n) is 17.7. The maximum absolute atomic E-state index is 14.7. The van der Waals surface area contributed by atoms with E-state index in [1.807, 2.05) is 45.9 Å². The summed E-state index contributed by atoms with van der Waals surface area (Å²) in [4.78, 5) is 142. The highest BCUT2D eigenvalue weighted by Crippen LogP contribution is 2.50.